The average Bonchev–Trinajstić information content (AvgIpc) is 2.91. The van der Waals surface area contributed by atoms with Gasteiger partial charge in [0.15, 0.2) is 0 Å². The molecule has 0 unspecified atom stereocenters. The van der Waals surface area contributed by atoms with Gasteiger partial charge in [-0.05, 0) is 164 Å². The Morgan fingerprint density at radius 2 is 0.512 bits per heavy atom. The van der Waals surface area contributed by atoms with E-state index in [9.17, 15) is 0 Å². The van der Waals surface area contributed by atoms with E-state index in [1.54, 1.807) is 0 Å². The lowest BCUT2D eigenvalue weighted by Crippen LogP contribution is -2.16. The topological polar surface area (TPSA) is 13.0 Å². The summed E-state index contributed by atoms with van der Waals surface area (Å²) in [4.78, 5) is 17.5. The van der Waals surface area contributed by atoms with Gasteiger partial charge in [0.25, 0.3) is 0 Å². The summed E-state index contributed by atoms with van der Waals surface area (Å²) in [5, 5.41) is 7.96. The molecular weight excluding hydrogens is 1110 g/mol. The fourth-order valence-electron chi connectivity index (χ4n) is 12.6. The number of hydrogen-bond donors (Lipinski definition) is 0. The molecule has 3 aliphatic rings. The monoisotopic (exact) mass is 1150 g/mol. The van der Waals surface area contributed by atoms with Gasteiger partial charge in [-0.2, -0.15) is 0 Å². The SMILES string of the molecule is c1ccc2c(c1)Sc1c(ccc3sc4ccccc4c13)N2c1ccc(N(c2ccc(N3c4ccccc4Sc4c3ccc3sc5ccccc5c43)cc2)c2ccc(N3c4ccccc4Sc4c3ccc3sc5ccccc5c43)cc2)cc1. The van der Waals surface area contributed by atoms with Crippen LogP contribution in [0.15, 0.2) is 284 Å². The van der Waals surface area contributed by atoms with Gasteiger partial charge in [-0.25, -0.2) is 0 Å². The molecule has 6 heterocycles. The van der Waals surface area contributed by atoms with E-state index in [0.717, 1.165) is 34.1 Å². The number of para-hydroxylation sites is 3. The van der Waals surface area contributed by atoms with Crippen molar-refractivity contribution in [1.82, 2.24) is 0 Å². The molecule has 0 atom stereocenters. The van der Waals surface area contributed by atoms with Crippen molar-refractivity contribution in [3.63, 3.8) is 0 Å². The number of nitrogens with zero attached hydrogens (tertiary/aromatic N) is 4. The number of thiophene rings is 3. The molecule has 3 aromatic heterocycles. The third kappa shape index (κ3) is 7.19. The summed E-state index contributed by atoms with van der Waals surface area (Å²) in [6.45, 7) is 0. The minimum Gasteiger partial charge on any atom is -0.310 e. The van der Waals surface area contributed by atoms with E-state index in [0.29, 0.717) is 0 Å². The molecule has 0 amide bonds. The predicted octanol–water partition coefficient (Wildman–Crippen LogP) is 24.1. The Bertz CT molecular complexity index is 4610. The molecule has 0 radical (unpaired) electrons. The second-order valence-corrected chi connectivity index (χ2v) is 27.2. The van der Waals surface area contributed by atoms with E-state index in [1.165, 1.54) is 124 Å². The number of fused-ring (bicyclic) bond motifs is 18. The first-order valence-corrected chi connectivity index (χ1v) is 32.2. The maximum Gasteiger partial charge on any atom is 0.0608 e. The van der Waals surface area contributed by atoms with Crippen LogP contribution in [-0.2, 0) is 0 Å². The first-order chi connectivity index (χ1) is 40.6. The molecule has 0 spiro atoms. The van der Waals surface area contributed by atoms with Crippen LogP contribution in [0.3, 0.4) is 0 Å². The van der Waals surface area contributed by atoms with E-state index < -0.39 is 0 Å². The molecule has 0 fully saturated rings. The van der Waals surface area contributed by atoms with Crippen LogP contribution in [-0.4, -0.2) is 0 Å². The van der Waals surface area contributed by atoms with Gasteiger partial charge in [-0.15, -0.1) is 34.0 Å². The summed E-state index contributed by atoms with van der Waals surface area (Å²) in [6, 6.07) is 94.7. The molecule has 82 heavy (non-hydrogen) atoms. The maximum atomic E-state index is 2.46. The van der Waals surface area contributed by atoms with Crippen molar-refractivity contribution in [3.8, 4) is 0 Å². The minimum atomic E-state index is 1.07. The largest absolute Gasteiger partial charge is 0.310 e. The van der Waals surface area contributed by atoms with Gasteiger partial charge in [0.2, 0.25) is 0 Å². The van der Waals surface area contributed by atoms with Crippen LogP contribution >= 0.6 is 69.3 Å². The Balaban J connectivity index is 0.775. The molecule has 386 valence electrons. The van der Waals surface area contributed by atoms with Crippen molar-refractivity contribution >= 4 is 198 Å². The Morgan fingerprint density at radius 1 is 0.232 bits per heavy atom. The highest BCUT2D eigenvalue weighted by atomic mass is 32.2. The summed E-state index contributed by atoms with van der Waals surface area (Å²) in [5.74, 6) is 0. The van der Waals surface area contributed by atoms with Crippen molar-refractivity contribution < 1.29 is 0 Å². The van der Waals surface area contributed by atoms with Gasteiger partial charge in [-0.1, -0.05) is 126 Å². The normalized spacial score (nSPS) is 13.4. The van der Waals surface area contributed by atoms with Gasteiger partial charge in [0.1, 0.15) is 0 Å². The molecule has 4 nitrogen and oxygen atoms in total. The van der Waals surface area contributed by atoms with Crippen molar-refractivity contribution in [2.75, 3.05) is 19.6 Å². The molecule has 3 aliphatic heterocycles. The number of anilines is 12. The average molecular weight is 1160 g/mol. The van der Waals surface area contributed by atoms with E-state index in [4.69, 9.17) is 0 Å². The van der Waals surface area contributed by atoms with Crippen LogP contribution in [0.25, 0.3) is 60.5 Å². The van der Waals surface area contributed by atoms with Gasteiger partial charge in [0, 0.05) is 124 Å². The van der Waals surface area contributed by atoms with Crippen LogP contribution in [0.1, 0.15) is 0 Å². The van der Waals surface area contributed by atoms with Crippen LogP contribution in [0, 0.1) is 0 Å². The molecule has 10 heteroatoms. The highest BCUT2D eigenvalue weighted by Crippen LogP contribution is 2.60. The zero-order valence-electron chi connectivity index (χ0n) is 43.5. The predicted molar refractivity (Wildman–Crippen MR) is 356 cm³/mol. The van der Waals surface area contributed by atoms with Gasteiger partial charge in [-0.3, -0.25) is 0 Å². The lowest BCUT2D eigenvalue weighted by atomic mass is 10.1. The van der Waals surface area contributed by atoms with Gasteiger partial charge in [0.05, 0.1) is 34.1 Å². The first-order valence-electron chi connectivity index (χ1n) is 27.3. The molecule has 0 aliphatic carbocycles. The second kappa shape index (κ2) is 18.5. The summed E-state index contributed by atoms with van der Waals surface area (Å²) in [7, 11) is 0. The fraction of sp³-hybridized carbons (Fsp3) is 0. The smallest absolute Gasteiger partial charge is 0.0608 e. The first kappa shape index (κ1) is 47.2. The van der Waals surface area contributed by atoms with Crippen molar-refractivity contribution in [1.29, 1.82) is 0 Å². The van der Waals surface area contributed by atoms with Crippen LogP contribution in [0.4, 0.5) is 68.2 Å². The molecule has 0 saturated carbocycles. The quantitative estimate of drug-likeness (QED) is 0.162. The molecule has 15 aromatic rings. The third-order valence-corrected chi connectivity index (χ3v) is 23.2. The van der Waals surface area contributed by atoms with Crippen LogP contribution in [0.2, 0.25) is 0 Å². The van der Waals surface area contributed by atoms with E-state index in [2.05, 4.69) is 274 Å². The highest BCUT2D eigenvalue weighted by molar-refractivity contribution is 8.00. The zero-order chi connectivity index (χ0) is 53.6. The molecular formula is C72H42N4S6. The molecule has 18 rings (SSSR count). The summed E-state index contributed by atoms with van der Waals surface area (Å²) < 4.78 is 7.90. The van der Waals surface area contributed by atoms with Crippen LogP contribution < -0.4 is 19.6 Å². The Hall–Kier alpha value is -8.45. The minimum absolute atomic E-state index is 1.07. The lowest BCUT2D eigenvalue weighted by Gasteiger charge is -2.35. The fourth-order valence-corrected chi connectivity index (χ4v) is 19.8. The highest BCUT2D eigenvalue weighted by Gasteiger charge is 2.32. The van der Waals surface area contributed by atoms with Gasteiger partial charge < -0.3 is 19.6 Å². The third-order valence-electron chi connectivity index (χ3n) is 16.2. The van der Waals surface area contributed by atoms with Crippen molar-refractivity contribution in [2.45, 2.75) is 29.4 Å². The number of rotatable bonds is 6. The Kier molecular flexibility index (Phi) is 10.7. The van der Waals surface area contributed by atoms with E-state index in [1.807, 2.05) is 69.3 Å². The Labute approximate surface area is 497 Å². The molecule has 0 saturated heterocycles. The summed E-state index contributed by atoms with van der Waals surface area (Å²) in [6.07, 6.45) is 0. The van der Waals surface area contributed by atoms with Crippen molar-refractivity contribution in [2.24, 2.45) is 0 Å². The van der Waals surface area contributed by atoms with Crippen LogP contribution in [0.5, 0.6) is 0 Å². The van der Waals surface area contributed by atoms with Gasteiger partial charge >= 0.3 is 0 Å². The van der Waals surface area contributed by atoms with Crippen molar-refractivity contribution in [3.05, 3.63) is 255 Å². The lowest BCUT2D eigenvalue weighted by molar-refractivity contribution is 1.17. The molecule has 12 aromatic carbocycles. The summed E-state index contributed by atoms with van der Waals surface area (Å²) >= 11 is 11.3. The zero-order valence-corrected chi connectivity index (χ0v) is 48.4. The maximum absolute atomic E-state index is 2.46. The summed E-state index contributed by atoms with van der Waals surface area (Å²) in [5.41, 5.74) is 13.7. The number of hydrogen-bond acceptors (Lipinski definition) is 10. The van der Waals surface area contributed by atoms with E-state index in [-0.39, 0.29) is 0 Å². The second-order valence-electron chi connectivity index (χ2n) is 20.8. The molecule has 0 bridgehead atoms. The molecule has 0 N–H and O–H groups in total. The van der Waals surface area contributed by atoms with E-state index >= 15 is 0 Å². The standard InChI is InChI=1S/C72H42N4S6/c1-7-19-58-49(13-1)67-64(77-58)40-37-55-70(67)80-61-22-10-4-16-52(61)74(55)46-31-25-43(26-32-46)73(44-27-33-47(34-28-44)75-53-17-5-11-23-62(53)81-71-56(75)38-41-65-68(71)50-14-2-8-20-59(50)78-65)45-29-35-48(36-30-45)76-54-18-6-12-24-63(54)82-72-57(76)39-42-66-69(72)51-15-3-9-21-60(51)79-66/h1-42H. The Morgan fingerprint density at radius 3 is 0.829 bits per heavy atom. The number of benzene rings is 12.